The zero-order valence-corrected chi connectivity index (χ0v) is 10.0. The monoisotopic (exact) mass is 234 g/mol. The van der Waals surface area contributed by atoms with E-state index in [0.717, 1.165) is 19.5 Å². The van der Waals surface area contributed by atoms with Gasteiger partial charge in [0.25, 0.3) is 0 Å². The molecule has 0 saturated carbocycles. The zero-order valence-electron chi connectivity index (χ0n) is 10.0. The van der Waals surface area contributed by atoms with Gasteiger partial charge in [0, 0.05) is 19.1 Å². The zero-order chi connectivity index (χ0) is 12.3. The van der Waals surface area contributed by atoms with Gasteiger partial charge >= 0.3 is 6.09 Å². The number of amides is 1. The second-order valence-corrected chi connectivity index (χ2v) is 4.43. The highest BCUT2D eigenvalue weighted by atomic mass is 16.6. The fourth-order valence-corrected chi connectivity index (χ4v) is 2.31. The highest BCUT2D eigenvalue weighted by molar-refractivity contribution is 5.64. The molecule has 1 aliphatic heterocycles. The summed E-state index contributed by atoms with van der Waals surface area (Å²) < 4.78 is 5.02. The number of carbonyl (C=O) groups excluding carboxylic acids is 1. The Morgan fingerprint density at radius 2 is 2.18 bits per heavy atom. The largest absolute Gasteiger partial charge is 0.445 e. The van der Waals surface area contributed by atoms with Gasteiger partial charge in [0.05, 0.1) is 0 Å². The lowest BCUT2D eigenvalue weighted by atomic mass is 10.1. The summed E-state index contributed by atoms with van der Waals surface area (Å²) in [4.78, 5) is 13.0. The van der Waals surface area contributed by atoms with Crippen molar-refractivity contribution in [3.8, 4) is 0 Å². The molecule has 0 spiro atoms. The topological polar surface area (TPSA) is 55.6 Å². The van der Waals surface area contributed by atoms with Crippen LogP contribution in [-0.4, -0.2) is 30.2 Å². The number of likely N-dealkylation sites (tertiary alicyclic amines) is 1. The van der Waals surface area contributed by atoms with Crippen LogP contribution in [0.3, 0.4) is 0 Å². The predicted molar refractivity (Wildman–Crippen MR) is 65.5 cm³/mol. The van der Waals surface area contributed by atoms with E-state index in [2.05, 4.69) is 24.0 Å². The molecule has 0 bridgehead atoms. The molecule has 0 radical (unpaired) electrons. The van der Waals surface area contributed by atoms with E-state index in [4.69, 9.17) is 10.5 Å². The van der Waals surface area contributed by atoms with Crippen molar-refractivity contribution in [2.24, 2.45) is 5.73 Å². The van der Waals surface area contributed by atoms with Crippen molar-refractivity contribution >= 4 is 6.09 Å². The van der Waals surface area contributed by atoms with E-state index in [9.17, 15) is 4.79 Å². The Hall–Kier alpha value is -1.55. The normalized spacial score (nSPS) is 22.3. The van der Waals surface area contributed by atoms with E-state index in [1.807, 2.05) is 18.2 Å². The van der Waals surface area contributed by atoms with Gasteiger partial charge in [0.1, 0.15) is 6.10 Å². The number of primary amides is 1. The van der Waals surface area contributed by atoms with Gasteiger partial charge < -0.3 is 10.5 Å². The van der Waals surface area contributed by atoms with Crippen LogP contribution in [-0.2, 0) is 4.74 Å². The van der Waals surface area contributed by atoms with Crippen LogP contribution in [0.25, 0.3) is 0 Å². The molecule has 2 rings (SSSR count). The highest BCUT2D eigenvalue weighted by Crippen LogP contribution is 2.25. The Labute approximate surface area is 101 Å². The maximum absolute atomic E-state index is 10.7. The third-order valence-electron chi connectivity index (χ3n) is 3.29. The van der Waals surface area contributed by atoms with Crippen LogP contribution in [0.4, 0.5) is 4.79 Å². The number of hydrogen-bond donors (Lipinski definition) is 1. The van der Waals surface area contributed by atoms with Gasteiger partial charge in [-0.1, -0.05) is 30.3 Å². The quantitative estimate of drug-likeness (QED) is 0.869. The van der Waals surface area contributed by atoms with Crippen LogP contribution < -0.4 is 5.73 Å². The van der Waals surface area contributed by atoms with Crippen LogP contribution in [0.5, 0.6) is 0 Å². The fourth-order valence-electron chi connectivity index (χ4n) is 2.31. The molecule has 0 aliphatic carbocycles. The van der Waals surface area contributed by atoms with E-state index in [0.29, 0.717) is 6.04 Å². The molecule has 92 valence electrons. The van der Waals surface area contributed by atoms with Gasteiger partial charge in [0.15, 0.2) is 0 Å². The summed E-state index contributed by atoms with van der Waals surface area (Å²) in [5.41, 5.74) is 6.31. The Kier molecular flexibility index (Phi) is 3.64. The second-order valence-electron chi connectivity index (χ2n) is 4.43. The molecule has 17 heavy (non-hydrogen) atoms. The lowest BCUT2D eigenvalue weighted by molar-refractivity contribution is 0.105. The van der Waals surface area contributed by atoms with Gasteiger partial charge in [-0.25, -0.2) is 4.79 Å². The summed E-state index contributed by atoms with van der Waals surface area (Å²) in [5, 5.41) is 0. The van der Waals surface area contributed by atoms with Gasteiger partial charge in [-0.05, 0) is 18.9 Å². The molecule has 1 aliphatic rings. The standard InChI is InChI=1S/C13H18N2O2/c1-10(11-5-3-2-4-6-11)15-8-7-12(9-15)17-13(14)16/h2-6,10,12H,7-9H2,1H3,(H2,14,16)/t10?,12-/m0/s1. The Morgan fingerprint density at radius 1 is 1.47 bits per heavy atom. The number of hydrogen-bond acceptors (Lipinski definition) is 3. The Morgan fingerprint density at radius 3 is 2.82 bits per heavy atom. The van der Waals surface area contributed by atoms with E-state index in [1.165, 1.54) is 5.56 Å². The van der Waals surface area contributed by atoms with E-state index in [1.54, 1.807) is 0 Å². The lowest BCUT2D eigenvalue weighted by Crippen LogP contribution is -2.28. The molecule has 1 unspecified atom stereocenters. The molecule has 2 N–H and O–H groups in total. The minimum absolute atomic E-state index is 0.0568. The third-order valence-corrected chi connectivity index (χ3v) is 3.29. The van der Waals surface area contributed by atoms with Crippen molar-refractivity contribution < 1.29 is 9.53 Å². The van der Waals surface area contributed by atoms with Crippen molar-refractivity contribution in [1.29, 1.82) is 0 Å². The van der Waals surface area contributed by atoms with E-state index < -0.39 is 6.09 Å². The minimum Gasteiger partial charge on any atom is -0.445 e. The summed E-state index contributed by atoms with van der Waals surface area (Å²) in [5.74, 6) is 0. The Balaban J connectivity index is 1.94. The SMILES string of the molecule is CC(c1ccccc1)N1CC[C@H](OC(N)=O)C1. The smallest absolute Gasteiger partial charge is 0.404 e. The number of ether oxygens (including phenoxy) is 1. The van der Waals surface area contributed by atoms with Crippen LogP contribution in [0.15, 0.2) is 30.3 Å². The van der Waals surface area contributed by atoms with Crippen molar-refractivity contribution in [3.63, 3.8) is 0 Å². The summed E-state index contributed by atoms with van der Waals surface area (Å²) in [6.07, 6.45) is 0.128. The van der Waals surface area contributed by atoms with Crippen molar-refractivity contribution in [1.82, 2.24) is 4.90 Å². The van der Waals surface area contributed by atoms with Gasteiger partial charge in [0.2, 0.25) is 0 Å². The molecular formula is C13H18N2O2. The number of nitrogens with two attached hydrogens (primary N) is 1. The average Bonchev–Trinajstić information content (AvgIpc) is 2.77. The van der Waals surface area contributed by atoms with Crippen LogP contribution in [0.2, 0.25) is 0 Å². The third kappa shape index (κ3) is 2.97. The number of nitrogens with zero attached hydrogens (tertiary/aromatic N) is 1. The maximum Gasteiger partial charge on any atom is 0.404 e. The molecule has 1 fully saturated rings. The number of carbonyl (C=O) groups is 1. The summed E-state index contributed by atoms with van der Waals surface area (Å²) >= 11 is 0. The maximum atomic E-state index is 10.7. The molecule has 4 nitrogen and oxygen atoms in total. The lowest BCUT2D eigenvalue weighted by Gasteiger charge is -2.24. The van der Waals surface area contributed by atoms with Gasteiger partial charge in [-0.2, -0.15) is 0 Å². The van der Waals surface area contributed by atoms with Crippen molar-refractivity contribution in [2.75, 3.05) is 13.1 Å². The first kappa shape index (κ1) is 11.9. The van der Waals surface area contributed by atoms with Crippen molar-refractivity contribution in [3.05, 3.63) is 35.9 Å². The molecule has 4 heteroatoms. The fraction of sp³-hybridized carbons (Fsp3) is 0.462. The molecule has 1 heterocycles. The number of benzene rings is 1. The van der Waals surface area contributed by atoms with E-state index >= 15 is 0 Å². The summed E-state index contributed by atoms with van der Waals surface area (Å²) in [7, 11) is 0. The molecule has 1 aromatic rings. The molecule has 2 atom stereocenters. The molecule has 1 saturated heterocycles. The predicted octanol–water partition coefficient (Wildman–Crippen LogP) is 1.92. The van der Waals surface area contributed by atoms with Crippen molar-refractivity contribution in [2.45, 2.75) is 25.5 Å². The molecule has 1 amide bonds. The first-order valence-corrected chi connectivity index (χ1v) is 5.92. The number of rotatable bonds is 3. The average molecular weight is 234 g/mol. The van der Waals surface area contributed by atoms with Gasteiger partial charge in [-0.15, -0.1) is 0 Å². The van der Waals surface area contributed by atoms with Crippen LogP contribution in [0, 0.1) is 0 Å². The molecule has 0 aromatic heterocycles. The Bertz CT molecular complexity index is 380. The second kappa shape index (κ2) is 5.19. The van der Waals surface area contributed by atoms with Gasteiger partial charge in [-0.3, -0.25) is 4.90 Å². The first-order chi connectivity index (χ1) is 8.16. The van der Waals surface area contributed by atoms with Crippen LogP contribution in [0.1, 0.15) is 24.9 Å². The molecular weight excluding hydrogens is 216 g/mol. The first-order valence-electron chi connectivity index (χ1n) is 5.92. The molecule has 1 aromatic carbocycles. The minimum atomic E-state index is -0.677. The summed E-state index contributed by atoms with van der Waals surface area (Å²) in [6.45, 7) is 3.87. The summed E-state index contributed by atoms with van der Waals surface area (Å²) in [6, 6.07) is 10.7. The van der Waals surface area contributed by atoms with Crippen LogP contribution >= 0.6 is 0 Å². The highest BCUT2D eigenvalue weighted by Gasteiger charge is 2.28. The van der Waals surface area contributed by atoms with E-state index in [-0.39, 0.29) is 6.10 Å².